The molecule has 0 spiro atoms. The molecule has 1 aromatic heterocycles. The van der Waals surface area contributed by atoms with Crippen LogP contribution in [0.1, 0.15) is 11.1 Å². The predicted molar refractivity (Wildman–Crippen MR) is 72.2 cm³/mol. The molecule has 0 unspecified atom stereocenters. The predicted octanol–water partition coefficient (Wildman–Crippen LogP) is 2.62. The smallest absolute Gasteiger partial charge is 0.143 e. The Morgan fingerprint density at radius 1 is 1.22 bits per heavy atom. The Kier molecular flexibility index (Phi) is 4.20. The summed E-state index contributed by atoms with van der Waals surface area (Å²) >= 11 is 1.66. The number of oxime groups is 1. The molecule has 0 atom stereocenters. The standard InChI is InChI=1S/C13H14N2O2S/c14-13(15-16)7-10-1-3-12(4-2-10)17-8-11-5-6-18-9-11/h1-6,9,16H,7-8H2,(H2,14,15). The number of nitrogens with two attached hydrogens (primary N) is 1. The normalized spacial score (nSPS) is 11.4. The summed E-state index contributed by atoms with van der Waals surface area (Å²) in [6.45, 7) is 0.573. The SMILES string of the molecule is N/C(Cc1ccc(OCc2ccsc2)cc1)=N\O. The molecule has 1 heterocycles. The lowest BCUT2D eigenvalue weighted by molar-refractivity contribution is 0.306. The van der Waals surface area contributed by atoms with Gasteiger partial charge < -0.3 is 15.7 Å². The van der Waals surface area contributed by atoms with E-state index in [9.17, 15) is 0 Å². The molecule has 5 heteroatoms. The van der Waals surface area contributed by atoms with Crippen LogP contribution in [0, 0.1) is 0 Å². The Morgan fingerprint density at radius 2 is 2.00 bits per heavy atom. The summed E-state index contributed by atoms with van der Waals surface area (Å²) in [5, 5.41) is 15.5. The van der Waals surface area contributed by atoms with Gasteiger partial charge in [-0.15, -0.1) is 0 Å². The Hall–Kier alpha value is -2.01. The number of nitrogens with zero attached hydrogens (tertiary/aromatic N) is 1. The first-order valence-electron chi connectivity index (χ1n) is 5.47. The third kappa shape index (κ3) is 3.49. The van der Waals surface area contributed by atoms with Crippen molar-refractivity contribution in [1.82, 2.24) is 0 Å². The maximum atomic E-state index is 8.48. The number of hydrogen-bond acceptors (Lipinski definition) is 4. The fourth-order valence-corrected chi connectivity index (χ4v) is 2.14. The van der Waals surface area contributed by atoms with E-state index in [0.717, 1.165) is 11.3 Å². The lowest BCUT2D eigenvalue weighted by Gasteiger charge is -2.06. The van der Waals surface area contributed by atoms with Crippen molar-refractivity contribution in [3.05, 3.63) is 52.2 Å². The van der Waals surface area contributed by atoms with Gasteiger partial charge in [0, 0.05) is 6.42 Å². The lowest BCUT2D eigenvalue weighted by Crippen LogP contribution is -2.14. The molecule has 0 radical (unpaired) electrons. The second kappa shape index (κ2) is 6.07. The van der Waals surface area contributed by atoms with Crippen LogP contribution in [0.15, 0.2) is 46.2 Å². The molecular weight excluding hydrogens is 248 g/mol. The van der Waals surface area contributed by atoms with Crippen LogP contribution >= 0.6 is 11.3 Å². The maximum Gasteiger partial charge on any atom is 0.143 e. The van der Waals surface area contributed by atoms with Gasteiger partial charge >= 0.3 is 0 Å². The average Bonchev–Trinajstić information content (AvgIpc) is 2.91. The number of thiophene rings is 1. The van der Waals surface area contributed by atoms with Crippen LogP contribution in [-0.2, 0) is 13.0 Å². The van der Waals surface area contributed by atoms with Gasteiger partial charge in [0.2, 0.25) is 0 Å². The fraction of sp³-hybridized carbons (Fsp3) is 0.154. The zero-order chi connectivity index (χ0) is 12.8. The highest BCUT2D eigenvalue weighted by Crippen LogP contribution is 2.15. The van der Waals surface area contributed by atoms with Crippen molar-refractivity contribution in [3.63, 3.8) is 0 Å². The van der Waals surface area contributed by atoms with Crippen LogP contribution in [0.25, 0.3) is 0 Å². The first-order chi connectivity index (χ1) is 8.78. The van der Waals surface area contributed by atoms with Gasteiger partial charge in [0.25, 0.3) is 0 Å². The van der Waals surface area contributed by atoms with Crippen LogP contribution in [0.3, 0.4) is 0 Å². The quantitative estimate of drug-likeness (QED) is 0.377. The molecule has 0 amide bonds. The first kappa shape index (κ1) is 12.4. The summed E-state index contributed by atoms with van der Waals surface area (Å²) in [6.07, 6.45) is 0.432. The largest absolute Gasteiger partial charge is 0.489 e. The molecule has 94 valence electrons. The average molecular weight is 262 g/mol. The Labute approximate surface area is 109 Å². The van der Waals surface area contributed by atoms with E-state index >= 15 is 0 Å². The molecule has 0 aliphatic heterocycles. The molecule has 0 aliphatic rings. The van der Waals surface area contributed by atoms with Crippen molar-refractivity contribution in [2.75, 3.05) is 0 Å². The molecule has 4 nitrogen and oxygen atoms in total. The summed E-state index contributed by atoms with van der Waals surface area (Å²) in [4.78, 5) is 0. The second-order valence-electron chi connectivity index (χ2n) is 3.83. The lowest BCUT2D eigenvalue weighted by atomic mass is 10.1. The molecule has 0 saturated carbocycles. The van der Waals surface area contributed by atoms with E-state index in [0.29, 0.717) is 13.0 Å². The van der Waals surface area contributed by atoms with Gasteiger partial charge in [0.05, 0.1) is 0 Å². The minimum Gasteiger partial charge on any atom is -0.489 e. The van der Waals surface area contributed by atoms with Crippen LogP contribution < -0.4 is 10.5 Å². The topological polar surface area (TPSA) is 67.8 Å². The van der Waals surface area contributed by atoms with E-state index < -0.39 is 0 Å². The molecule has 0 saturated heterocycles. The van der Waals surface area contributed by atoms with Crippen molar-refractivity contribution in [2.24, 2.45) is 10.9 Å². The van der Waals surface area contributed by atoms with E-state index in [1.807, 2.05) is 35.7 Å². The van der Waals surface area contributed by atoms with Crippen molar-refractivity contribution in [3.8, 4) is 5.75 Å². The molecule has 0 bridgehead atoms. The molecule has 2 rings (SSSR count). The summed E-state index contributed by atoms with van der Waals surface area (Å²) in [5.74, 6) is 1.01. The maximum absolute atomic E-state index is 8.48. The van der Waals surface area contributed by atoms with E-state index in [2.05, 4.69) is 10.5 Å². The van der Waals surface area contributed by atoms with Crippen LogP contribution in [0.5, 0.6) is 5.75 Å². The highest BCUT2D eigenvalue weighted by atomic mass is 32.1. The molecule has 18 heavy (non-hydrogen) atoms. The first-order valence-corrected chi connectivity index (χ1v) is 6.41. The van der Waals surface area contributed by atoms with Gasteiger partial charge in [-0.25, -0.2) is 0 Å². The van der Waals surface area contributed by atoms with Gasteiger partial charge in [-0.1, -0.05) is 17.3 Å². The van der Waals surface area contributed by atoms with Crippen molar-refractivity contribution < 1.29 is 9.94 Å². The molecule has 0 fully saturated rings. The monoisotopic (exact) mass is 262 g/mol. The minimum absolute atomic E-state index is 0.196. The van der Waals surface area contributed by atoms with Crippen LogP contribution in [0.2, 0.25) is 0 Å². The third-order valence-corrected chi connectivity index (χ3v) is 3.15. The molecule has 0 aliphatic carbocycles. The van der Waals surface area contributed by atoms with Gasteiger partial charge in [0.1, 0.15) is 18.2 Å². The Balaban J connectivity index is 1.91. The van der Waals surface area contributed by atoms with Gasteiger partial charge in [0.15, 0.2) is 0 Å². The molecule has 2 aromatic rings. The summed E-state index contributed by atoms with van der Waals surface area (Å²) in [7, 11) is 0. The number of amidine groups is 1. The zero-order valence-electron chi connectivity index (χ0n) is 9.74. The Morgan fingerprint density at radius 3 is 2.61 bits per heavy atom. The third-order valence-electron chi connectivity index (χ3n) is 2.42. The molecular formula is C13H14N2O2S. The van der Waals surface area contributed by atoms with Crippen LogP contribution in [-0.4, -0.2) is 11.0 Å². The van der Waals surface area contributed by atoms with E-state index in [1.54, 1.807) is 11.3 Å². The summed E-state index contributed by atoms with van der Waals surface area (Å²) in [6, 6.07) is 9.61. The molecule has 1 aromatic carbocycles. The Bertz CT molecular complexity index is 506. The number of benzene rings is 1. The summed E-state index contributed by atoms with van der Waals surface area (Å²) < 4.78 is 5.63. The van der Waals surface area contributed by atoms with E-state index in [-0.39, 0.29) is 5.84 Å². The number of rotatable bonds is 5. The van der Waals surface area contributed by atoms with E-state index in [1.165, 1.54) is 5.56 Å². The van der Waals surface area contributed by atoms with Crippen molar-refractivity contribution in [2.45, 2.75) is 13.0 Å². The van der Waals surface area contributed by atoms with Crippen LogP contribution in [0.4, 0.5) is 0 Å². The van der Waals surface area contributed by atoms with E-state index in [4.69, 9.17) is 15.7 Å². The van der Waals surface area contributed by atoms with Gasteiger partial charge in [-0.3, -0.25) is 0 Å². The fourth-order valence-electron chi connectivity index (χ4n) is 1.49. The van der Waals surface area contributed by atoms with Gasteiger partial charge in [-0.2, -0.15) is 11.3 Å². The summed E-state index contributed by atoms with van der Waals surface area (Å²) in [5.41, 5.74) is 7.58. The number of hydrogen-bond donors (Lipinski definition) is 2. The minimum atomic E-state index is 0.196. The number of ether oxygens (including phenoxy) is 1. The highest BCUT2D eigenvalue weighted by molar-refractivity contribution is 7.07. The zero-order valence-corrected chi connectivity index (χ0v) is 10.6. The molecule has 3 N–H and O–H groups in total. The van der Waals surface area contributed by atoms with Crippen molar-refractivity contribution in [1.29, 1.82) is 0 Å². The van der Waals surface area contributed by atoms with Gasteiger partial charge in [-0.05, 0) is 40.1 Å². The van der Waals surface area contributed by atoms with Crippen molar-refractivity contribution >= 4 is 17.2 Å². The highest BCUT2D eigenvalue weighted by Gasteiger charge is 1.99. The second-order valence-corrected chi connectivity index (χ2v) is 4.61.